The second-order valence-corrected chi connectivity index (χ2v) is 4.98. The van der Waals surface area contributed by atoms with E-state index in [4.69, 9.17) is 4.74 Å². The van der Waals surface area contributed by atoms with E-state index in [0.717, 1.165) is 42.1 Å². The number of hydrogen-bond acceptors (Lipinski definition) is 3. The van der Waals surface area contributed by atoms with Gasteiger partial charge in [0.2, 0.25) is 0 Å². The molecule has 21 heavy (non-hydrogen) atoms. The maximum Gasteiger partial charge on any atom is 0.118 e. The summed E-state index contributed by atoms with van der Waals surface area (Å²) in [6, 6.07) is 16.2. The third-order valence-electron chi connectivity index (χ3n) is 3.47. The first-order chi connectivity index (χ1) is 10.3. The highest BCUT2D eigenvalue weighted by Crippen LogP contribution is 2.12. The first-order valence-corrected chi connectivity index (χ1v) is 7.12. The summed E-state index contributed by atoms with van der Waals surface area (Å²) in [6.07, 6.45) is 0.894. The van der Waals surface area contributed by atoms with Gasteiger partial charge in [-0.1, -0.05) is 24.3 Å². The number of nitrogens with zero attached hydrogens (tertiary/aromatic N) is 1. The summed E-state index contributed by atoms with van der Waals surface area (Å²) in [5.74, 6) is 1.92. The van der Waals surface area contributed by atoms with E-state index in [9.17, 15) is 0 Å². The van der Waals surface area contributed by atoms with Crippen LogP contribution in [0.5, 0.6) is 5.75 Å². The molecule has 2 N–H and O–H groups in total. The molecule has 0 aliphatic heterocycles. The average molecular weight is 281 g/mol. The average Bonchev–Trinajstić information content (AvgIpc) is 2.95. The monoisotopic (exact) mass is 281 g/mol. The van der Waals surface area contributed by atoms with Crippen molar-refractivity contribution in [2.24, 2.45) is 0 Å². The summed E-state index contributed by atoms with van der Waals surface area (Å²) in [7, 11) is 1.68. The van der Waals surface area contributed by atoms with Gasteiger partial charge in [-0.05, 0) is 29.8 Å². The molecule has 0 bridgehead atoms. The van der Waals surface area contributed by atoms with Crippen molar-refractivity contribution in [3.8, 4) is 5.75 Å². The lowest BCUT2D eigenvalue weighted by atomic mass is 10.2. The van der Waals surface area contributed by atoms with Gasteiger partial charge in [-0.2, -0.15) is 0 Å². The number of benzene rings is 2. The predicted octanol–water partition coefficient (Wildman–Crippen LogP) is 2.90. The lowest BCUT2D eigenvalue weighted by Crippen LogP contribution is -2.17. The van der Waals surface area contributed by atoms with E-state index < -0.39 is 0 Å². The molecule has 4 heteroatoms. The molecule has 0 saturated carbocycles. The maximum atomic E-state index is 5.15. The molecule has 2 aromatic carbocycles. The number of nitrogens with one attached hydrogen (secondary N) is 2. The Morgan fingerprint density at radius 1 is 1.10 bits per heavy atom. The van der Waals surface area contributed by atoms with Crippen molar-refractivity contribution >= 4 is 11.0 Å². The molecule has 0 saturated heterocycles. The summed E-state index contributed by atoms with van der Waals surface area (Å²) in [5.41, 5.74) is 3.38. The first-order valence-electron chi connectivity index (χ1n) is 7.12. The Morgan fingerprint density at radius 3 is 2.67 bits per heavy atom. The third-order valence-corrected chi connectivity index (χ3v) is 3.47. The van der Waals surface area contributed by atoms with E-state index in [1.54, 1.807) is 7.11 Å². The van der Waals surface area contributed by atoms with Crippen molar-refractivity contribution in [2.75, 3.05) is 13.7 Å². The zero-order valence-electron chi connectivity index (χ0n) is 12.1. The minimum atomic E-state index is 0.851. The van der Waals surface area contributed by atoms with E-state index >= 15 is 0 Å². The zero-order chi connectivity index (χ0) is 14.5. The van der Waals surface area contributed by atoms with Crippen molar-refractivity contribution in [1.29, 1.82) is 0 Å². The Balaban J connectivity index is 1.49. The highest BCUT2D eigenvalue weighted by Gasteiger charge is 2.01. The van der Waals surface area contributed by atoms with Crippen LogP contribution in [-0.4, -0.2) is 23.6 Å². The number of aromatic amines is 1. The minimum Gasteiger partial charge on any atom is -0.497 e. The topological polar surface area (TPSA) is 49.9 Å². The van der Waals surface area contributed by atoms with Gasteiger partial charge < -0.3 is 15.0 Å². The summed E-state index contributed by atoms with van der Waals surface area (Å²) < 4.78 is 5.15. The molecule has 0 fully saturated rings. The van der Waals surface area contributed by atoms with Gasteiger partial charge in [0, 0.05) is 19.5 Å². The molecule has 0 radical (unpaired) electrons. The predicted molar refractivity (Wildman–Crippen MR) is 84.5 cm³/mol. The molecule has 4 nitrogen and oxygen atoms in total. The molecule has 0 atom stereocenters. The molecular formula is C17H19N3O. The quantitative estimate of drug-likeness (QED) is 0.683. The van der Waals surface area contributed by atoms with Crippen molar-refractivity contribution < 1.29 is 4.74 Å². The summed E-state index contributed by atoms with van der Waals surface area (Å²) in [4.78, 5) is 7.91. The number of methoxy groups -OCH3 is 1. The fourth-order valence-electron chi connectivity index (χ4n) is 2.31. The van der Waals surface area contributed by atoms with Crippen LogP contribution >= 0.6 is 0 Å². The Morgan fingerprint density at radius 2 is 1.90 bits per heavy atom. The summed E-state index contributed by atoms with van der Waals surface area (Å²) in [5, 5.41) is 3.43. The van der Waals surface area contributed by atoms with E-state index in [1.165, 1.54) is 5.56 Å². The number of hydrogen-bond donors (Lipinski definition) is 2. The zero-order valence-corrected chi connectivity index (χ0v) is 12.1. The standard InChI is InChI=1S/C17H19N3O/c1-21-14-8-6-13(7-9-14)12-18-11-10-17-19-15-4-2-3-5-16(15)20-17/h2-9,18H,10-12H2,1H3,(H,19,20). The molecule has 3 rings (SSSR count). The number of aromatic nitrogens is 2. The first kappa shape index (κ1) is 13.6. The van der Waals surface area contributed by atoms with Gasteiger partial charge in [-0.25, -0.2) is 4.98 Å². The maximum absolute atomic E-state index is 5.15. The Labute approximate surface area is 124 Å². The molecule has 108 valence electrons. The number of imidazole rings is 1. The van der Waals surface area contributed by atoms with Gasteiger partial charge >= 0.3 is 0 Å². The van der Waals surface area contributed by atoms with E-state index in [1.807, 2.05) is 30.3 Å². The van der Waals surface area contributed by atoms with E-state index in [-0.39, 0.29) is 0 Å². The number of H-pyrrole nitrogens is 1. The SMILES string of the molecule is COc1ccc(CNCCc2nc3ccccc3[nH]2)cc1. The Hall–Kier alpha value is -2.33. The number of ether oxygens (including phenoxy) is 1. The van der Waals surface area contributed by atoms with Crippen LogP contribution in [0.15, 0.2) is 48.5 Å². The van der Waals surface area contributed by atoms with Crippen LogP contribution in [0, 0.1) is 0 Å². The second-order valence-electron chi connectivity index (χ2n) is 4.98. The second kappa shape index (κ2) is 6.41. The van der Waals surface area contributed by atoms with Crippen molar-refractivity contribution in [3.63, 3.8) is 0 Å². The largest absolute Gasteiger partial charge is 0.497 e. The summed E-state index contributed by atoms with van der Waals surface area (Å²) >= 11 is 0. The molecule has 0 aliphatic rings. The van der Waals surface area contributed by atoms with Gasteiger partial charge in [0.15, 0.2) is 0 Å². The van der Waals surface area contributed by atoms with Crippen LogP contribution in [0.4, 0.5) is 0 Å². The summed E-state index contributed by atoms with van der Waals surface area (Å²) in [6.45, 7) is 1.75. The van der Waals surface area contributed by atoms with Crippen molar-refractivity contribution in [3.05, 3.63) is 59.9 Å². The normalized spacial score (nSPS) is 10.9. The van der Waals surface area contributed by atoms with Crippen LogP contribution in [0.2, 0.25) is 0 Å². The van der Waals surface area contributed by atoms with Gasteiger partial charge in [-0.3, -0.25) is 0 Å². The van der Waals surface area contributed by atoms with Gasteiger partial charge in [0.25, 0.3) is 0 Å². The lowest BCUT2D eigenvalue weighted by Gasteiger charge is -2.05. The fraction of sp³-hybridized carbons (Fsp3) is 0.235. The molecule has 1 aromatic heterocycles. The van der Waals surface area contributed by atoms with Crippen LogP contribution in [0.1, 0.15) is 11.4 Å². The van der Waals surface area contributed by atoms with E-state index in [0.29, 0.717) is 0 Å². The van der Waals surface area contributed by atoms with Gasteiger partial charge in [0.05, 0.1) is 18.1 Å². The van der Waals surface area contributed by atoms with Crippen molar-refractivity contribution in [2.45, 2.75) is 13.0 Å². The van der Waals surface area contributed by atoms with E-state index in [2.05, 4.69) is 33.5 Å². The lowest BCUT2D eigenvalue weighted by molar-refractivity contribution is 0.414. The molecule has 0 spiro atoms. The van der Waals surface area contributed by atoms with Crippen LogP contribution in [-0.2, 0) is 13.0 Å². The molecule has 3 aromatic rings. The molecule has 1 heterocycles. The van der Waals surface area contributed by atoms with Crippen molar-refractivity contribution in [1.82, 2.24) is 15.3 Å². The number of rotatable bonds is 6. The number of fused-ring (bicyclic) bond motifs is 1. The molecule has 0 unspecified atom stereocenters. The van der Waals surface area contributed by atoms with Crippen LogP contribution < -0.4 is 10.1 Å². The third kappa shape index (κ3) is 3.41. The molecule has 0 amide bonds. The van der Waals surface area contributed by atoms with Gasteiger partial charge in [-0.15, -0.1) is 0 Å². The Bertz CT molecular complexity index is 670. The Kier molecular flexibility index (Phi) is 4.17. The minimum absolute atomic E-state index is 0.851. The highest BCUT2D eigenvalue weighted by atomic mass is 16.5. The van der Waals surface area contributed by atoms with Crippen LogP contribution in [0.3, 0.4) is 0 Å². The number of para-hydroxylation sites is 2. The van der Waals surface area contributed by atoms with Crippen LogP contribution in [0.25, 0.3) is 11.0 Å². The highest BCUT2D eigenvalue weighted by molar-refractivity contribution is 5.74. The smallest absolute Gasteiger partial charge is 0.118 e. The van der Waals surface area contributed by atoms with Gasteiger partial charge in [0.1, 0.15) is 11.6 Å². The molecule has 0 aliphatic carbocycles. The molecular weight excluding hydrogens is 262 g/mol. The fourth-order valence-corrected chi connectivity index (χ4v) is 2.31.